The molecule has 0 aliphatic carbocycles. The summed E-state index contributed by atoms with van der Waals surface area (Å²) in [4.78, 5) is 21.6. The summed E-state index contributed by atoms with van der Waals surface area (Å²) in [5, 5.41) is 10.4. The first-order valence-electron chi connectivity index (χ1n) is 4.33. The Labute approximate surface area is 91.1 Å². The molecular weight excluding hydrogens is 216 g/mol. The lowest BCUT2D eigenvalue weighted by Crippen LogP contribution is -2.13. The summed E-state index contributed by atoms with van der Waals surface area (Å²) >= 11 is 1.15. The zero-order valence-electron chi connectivity index (χ0n) is 8.10. The first kappa shape index (κ1) is 11.5. The number of rotatable bonds is 4. The Bertz CT molecular complexity index is 364. The van der Waals surface area contributed by atoms with Crippen LogP contribution in [0.3, 0.4) is 0 Å². The van der Waals surface area contributed by atoms with Gasteiger partial charge in [0.25, 0.3) is 5.69 Å². The predicted octanol–water partition coefficient (Wildman–Crippen LogP) is 2.13. The molecule has 1 rings (SSSR count). The fourth-order valence-electron chi connectivity index (χ4n) is 0.824. The van der Waals surface area contributed by atoms with Crippen LogP contribution in [0.5, 0.6) is 0 Å². The van der Waals surface area contributed by atoms with Crippen molar-refractivity contribution < 1.29 is 9.72 Å². The van der Waals surface area contributed by atoms with Gasteiger partial charge in [-0.1, -0.05) is 6.92 Å². The van der Waals surface area contributed by atoms with Crippen molar-refractivity contribution in [2.75, 3.05) is 0 Å². The van der Waals surface area contributed by atoms with Gasteiger partial charge in [-0.2, -0.15) is 0 Å². The van der Waals surface area contributed by atoms with E-state index in [2.05, 4.69) is 4.72 Å². The SMILES string of the molecule is CCC(=O)NSc1ccc([N+](=O)[O-])cc1. The van der Waals surface area contributed by atoms with E-state index >= 15 is 0 Å². The first-order chi connectivity index (χ1) is 7.13. The Hall–Kier alpha value is -1.56. The molecule has 0 unspecified atom stereocenters. The van der Waals surface area contributed by atoms with Crippen LogP contribution >= 0.6 is 11.9 Å². The van der Waals surface area contributed by atoms with Crippen LogP contribution in [0.15, 0.2) is 29.2 Å². The second-order valence-corrected chi connectivity index (χ2v) is 3.61. The molecule has 15 heavy (non-hydrogen) atoms. The molecule has 0 radical (unpaired) electrons. The number of carbonyl (C=O) groups is 1. The van der Waals surface area contributed by atoms with E-state index in [0.717, 1.165) is 16.8 Å². The molecule has 0 aliphatic rings. The molecule has 0 aliphatic heterocycles. The van der Waals surface area contributed by atoms with Crippen molar-refractivity contribution in [2.24, 2.45) is 0 Å². The normalized spacial score (nSPS) is 9.67. The molecule has 1 amide bonds. The molecule has 1 N–H and O–H groups in total. The number of amides is 1. The van der Waals surface area contributed by atoms with Gasteiger partial charge in [-0.25, -0.2) is 0 Å². The highest BCUT2D eigenvalue weighted by atomic mass is 32.2. The largest absolute Gasteiger partial charge is 0.296 e. The maximum atomic E-state index is 10.9. The number of non-ortho nitro benzene ring substituents is 1. The topological polar surface area (TPSA) is 72.2 Å². The Morgan fingerprint density at radius 3 is 2.53 bits per heavy atom. The summed E-state index contributed by atoms with van der Waals surface area (Å²) in [7, 11) is 0. The van der Waals surface area contributed by atoms with Crippen molar-refractivity contribution >= 4 is 23.5 Å². The molecule has 0 saturated heterocycles. The third-order valence-electron chi connectivity index (χ3n) is 1.65. The highest BCUT2D eigenvalue weighted by Crippen LogP contribution is 2.18. The Balaban J connectivity index is 2.57. The minimum Gasteiger partial charge on any atom is -0.296 e. The smallest absolute Gasteiger partial charge is 0.269 e. The van der Waals surface area contributed by atoms with Crippen molar-refractivity contribution in [3.8, 4) is 0 Å². The highest BCUT2D eigenvalue weighted by Gasteiger charge is 2.04. The zero-order valence-corrected chi connectivity index (χ0v) is 8.91. The second-order valence-electron chi connectivity index (χ2n) is 2.73. The summed E-state index contributed by atoms with van der Waals surface area (Å²) in [6.07, 6.45) is 0.417. The molecule has 0 atom stereocenters. The molecule has 0 heterocycles. The van der Waals surface area contributed by atoms with Gasteiger partial charge in [0.15, 0.2) is 0 Å². The van der Waals surface area contributed by atoms with Gasteiger partial charge in [0.1, 0.15) is 0 Å². The number of carbonyl (C=O) groups excluding carboxylic acids is 1. The van der Waals surface area contributed by atoms with Crippen molar-refractivity contribution in [2.45, 2.75) is 18.2 Å². The molecule has 80 valence electrons. The number of hydrogen-bond acceptors (Lipinski definition) is 4. The van der Waals surface area contributed by atoms with Crippen molar-refractivity contribution in [3.63, 3.8) is 0 Å². The minimum atomic E-state index is -0.459. The van der Waals surface area contributed by atoms with E-state index in [0.29, 0.717) is 6.42 Å². The molecule has 6 heteroatoms. The predicted molar refractivity (Wildman–Crippen MR) is 57.4 cm³/mol. The van der Waals surface area contributed by atoms with E-state index in [1.54, 1.807) is 19.1 Å². The fourth-order valence-corrected chi connectivity index (χ4v) is 1.47. The standard InChI is InChI=1S/C9H10N2O3S/c1-2-9(12)10-15-8-5-3-7(4-6-8)11(13)14/h3-6H,2H2,1H3,(H,10,12). The summed E-state index contributed by atoms with van der Waals surface area (Å²) in [6, 6.07) is 6.00. The number of benzene rings is 1. The summed E-state index contributed by atoms with van der Waals surface area (Å²) < 4.78 is 2.61. The van der Waals surface area contributed by atoms with Gasteiger partial charge in [-0.05, 0) is 24.1 Å². The third kappa shape index (κ3) is 3.59. The molecule has 0 aromatic heterocycles. The molecule has 1 aromatic rings. The number of nitro groups is 1. The molecule has 0 spiro atoms. The quantitative estimate of drug-likeness (QED) is 0.485. The van der Waals surface area contributed by atoms with Gasteiger partial charge in [-0.3, -0.25) is 19.6 Å². The van der Waals surface area contributed by atoms with Crippen LogP contribution in [0.1, 0.15) is 13.3 Å². The average molecular weight is 226 g/mol. The number of nitrogens with zero attached hydrogens (tertiary/aromatic N) is 1. The van der Waals surface area contributed by atoms with Crippen LogP contribution < -0.4 is 4.72 Å². The minimum absolute atomic E-state index is 0.0427. The lowest BCUT2D eigenvalue weighted by molar-refractivity contribution is -0.384. The van der Waals surface area contributed by atoms with Gasteiger partial charge in [0.05, 0.1) is 4.92 Å². The molecule has 0 fully saturated rings. The summed E-state index contributed by atoms with van der Waals surface area (Å²) in [5.74, 6) is -0.0710. The van der Waals surface area contributed by atoms with Gasteiger partial charge in [-0.15, -0.1) is 0 Å². The molecule has 0 bridgehead atoms. The van der Waals surface area contributed by atoms with Crippen LogP contribution in [0, 0.1) is 10.1 Å². The molecule has 0 saturated carbocycles. The first-order valence-corrected chi connectivity index (χ1v) is 5.15. The van der Waals surface area contributed by atoms with Gasteiger partial charge in [0.2, 0.25) is 5.91 Å². The number of nitro benzene ring substituents is 1. The van der Waals surface area contributed by atoms with Crippen LogP contribution in [0.2, 0.25) is 0 Å². The highest BCUT2D eigenvalue weighted by molar-refractivity contribution is 7.98. The average Bonchev–Trinajstić information content (AvgIpc) is 2.26. The van der Waals surface area contributed by atoms with Gasteiger partial charge in [0, 0.05) is 23.4 Å². The van der Waals surface area contributed by atoms with Crippen LogP contribution in [-0.4, -0.2) is 10.8 Å². The molecule has 1 aromatic carbocycles. The zero-order chi connectivity index (χ0) is 11.3. The van der Waals surface area contributed by atoms with Gasteiger partial charge >= 0.3 is 0 Å². The van der Waals surface area contributed by atoms with Crippen LogP contribution in [0.4, 0.5) is 5.69 Å². The van der Waals surface area contributed by atoms with Crippen LogP contribution in [0.25, 0.3) is 0 Å². The lowest BCUT2D eigenvalue weighted by atomic mass is 10.3. The summed E-state index contributed by atoms with van der Waals surface area (Å²) in [5.41, 5.74) is 0.0427. The Morgan fingerprint density at radius 1 is 1.47 bits per heavy atom. The monoisotopic (exact) mass is 226 g/mol. The second kappa shape index (κ2) is 5.35. The van der Waals surface area contributed by atoms with E-state index < -0.39 is 4.92 Å². The maximum absolute atomic E-state index is 10.9. The lowest BCUT2D eigenvalue weighted by Gasteiger charge is -2.01. The van der Waals surface area contributed by atoms with Crippen molar-refractivity contribution in [1.29, 1.82) is 0 Å². The summed E-state index contributed by atoms with van der Waals surface area (Å²) in [6.45, 7) is 1.76. The van der Waals surface area contributed by atoms with Crippen molar-refractivity contribution in [1.82, 2.24) is 4.72 Å². The van der Waals surface area contributed by atoms with Crippen LogP contribution in [-0.2, 0) is 4.79 Å². The third-order valence-corrected chi connectivity index (χ3v) is 2.49. The van der Waals surface area contributed by atoms with Crippen molar-refractivity contribution in [3.05, 3.63) is 34.4 Å². The van der Waals surface area contributed by atoms with E-state index in [1.807, 2.05) is 0 Å². The fraction of sp³-hybridized carbons (Fsp3) is 0.222. The van der Waals surface area contributed by atoms with E-state index in [4.69, 9.17) is 0 Å². The van der Waals surface area contributed by atoms with E-state index in [-0.39, 0.29) is 11.6 Å². The van der Waals surface area contributed by atoms with E-state index in [9.17, 15) is 14.9 Å². The van der Waals surface area contributed by atoms with E-state index in [1.165, 1.54) is 12.1 Å². The maximum Gasteiger partial charge on any atom is 0.269 e. The molecule has 5 nitrogen and oxygen atoms in total. The molecular formula is C9H10N2O3S. The Kier molecular flexibility index (Phi) is 4.11. The number of nitrogens with one attached hydrogen (secondary N) is 1. The van der Waals surface area contributed by atoms with Gasteiger partial charge < -0.3 is 0 Å². The number of hydrogen-bond donors (Lipinski definition) is 1. The Morgan fingerprint density at radius 2 is 2.07 bits per heavy atom.